The van der Waals surface area contributed by atoms with Crippen LogP contribution in [0.15, 0.2) is 43.0 Å². The van der Waals surface area contributed by atoms with Crippen molar-refractivity contribution in [3.05, 3.63) is 43.0 Å². The second-order valence-corrected chi connectivity index (χ2v) is 7.59. The minimum absolute atomic E-state index is 0.0957. The topological polar surface area (TPSA) is 78.0 Å². The smallest absolute Gasteiger partial charge is 0.345 e. The van der Waals surface area contributed by atoms with Crippen LogP contribution in [0.4, 0.5) is 14.7 Å². The van der Waals surface area contributed by atoms with Gasteiger partial charge in [-0.3, -0.25) is 0 Å². The number of anilines is 1. The number of methoxy groups -OCH3 is 1. The van der Waals surface area contributed by atoms with E-state index in [-0.39, 0.29) is 6.04 Å². The molecule has 0 unspecified atom stereocenters. The van der Waals surface area contributed by atoms with Gasteiger partial charge in [0.2, 0.25) is 11.8 Å². The van der Waals surface area contributed by atoms with Gasteiger partial charge < -0.3 is 19.2 Å². The molecule has 5 rings (SSSR count). The van der Waals surface area contributed by atoms with Gasteiger partial charge in [0, 0.05) is 42.0 Å². The van der Waals surface area contributed by atoms with Crippen molar-refractivity contribution in [2.75, 3.05) is 12.4 Å². The average molecular weight is 428 g/mol. The number of halogens is 2. The Morgan fingerprint density at radius 2 is 1.97 bits per heavy atom. The van der Waals surface area contributed by atoms with Crippen LogP contribution in [0.25, 0.3) is 22.3 Å². The van der Waals surface area contributed by atoms with Gasteiger partial charge in [-0.25, -0.2) is 9.50 Å². The molecule has 0 saturated heterocycles. The van der Waals surface area contributed by atoms with E-state index < -0.39 is 12.7 Å². The molecule has 4 aromatic heterocycles. The molecule has 0 aromatic carbocycles. The number of rotatable bonds is 6. The van der Waals surface area contributed by atoms with E-state index in [1.165, 1.54) is 0 Å². The molecular formula is C21H22F2N6O2. The highest BCUT2D eigenvalue weighted by Gasteiger charge is 2.25. The molecule has 1 fully saturated rings. The van der Waals surface area contributed by atoms with E-state index >= 15 is 0 Å². The summed E-state index contributed by atoms with van der Waals surface area (Å²) in [6.07, 6.45) is 9.70. The summed E-state index contributed by atoms with van der Waals surface area (Å²) in [5, 5.41) is 7.90. The van der Waals surface area contributed by atoms with Crippen molar-refractivity contribution in [3.8, 4) is 17.0 Å². The van der Waals surface area contributed by atoms with Crippen LogP contribution in [-0.2, 0) is 4.74 Å². The number of fused-ring (bicyclic) bond motifs is 2. The Kier molecular flexibility index (Phi) is 5.14. The summed E-state index contributed by atoms with van der Waals surface area (Å²) in [5.41, 5.74) is 3.58. The summed E-state index contributed by atoms with van der Waals surface area (Å²) in [7, 11) is 1.58. The van der Waals surface area contributed by atoms with Crippen molar-refractivity contribution in [3.63, 3.8) is 0 Å². The van der Waals surface area contributed by atoms with Crippen LogP contribution in [0.2, 0.25) is 0 Å². The Bertz CT molecular complexity index is 1200. The fraction of sp³-hybridized carbons (Fsp3) is 0.381. The molecule has 162 valence electrons. The van der Waals surface area contributed by atoms with E-state index in [4.69, 9.17) is 4.74 Å². The Balaban J connectivity index is 1.39. The number of alkyl halides is 2. The fourth-order valence-electron chi connectivity index (χ4n) is 4.18. The van der Waals surface area contributed by atoms with Crippen LogP contribution in [0.3, 0.4) is 0 Å². The number of aromatic nitrogens is 5. The second-order valence-electron chi connectivity index (χ2n) is 7.59. The average Bonchev–Trinajstić information content (AvgIpc) is 3.40. The molecule has 10 heteroatoms. The summed E-state index contributed by atoms with van der Waals surface area (Å²) in [5.74, 6) is 0.896. The molecular weight excluding hydrogens is 406 g/mol. The third kappa shape index (κ3) is 3.90. The first-order valence-electron chi connectivity index (χ1n) is 10.2. The molecule has 1 aliphatic carbocycles. The van der Waals surface area contributed by atoms with Gasteiger partial charge in [-0.2, -0.15) is 13.8 Å². The molecule has 8 nitrogen and oxygen atoms in total. The highest BCUT2D eigenvalue weighted by Crippen LogP contribution is 2.32. The summed E-state index contributed by atoms with van der Waals surface area (Å²) >= 11 is 0. The van der Waals surface area contributed by atoms with E-state index in [0.717, 1.165) is 22.3 Å². The standard InChI is InChI=1S/C21H22F2N6O2/c1-30-19-18-16(13-2-7-17-24-9-11-28(17)12-13)8-10-29(18)27-21(26-19)25-14-3-5-15(6-4-14)31-20(22)23/h2,7-12,14-15,20H,3-6H2,1H3,(H,25,27). The first kappa shape index (κ1) is 19.7. The zero-order valence-corrected chi connectivity index (χ0v) is 16.9. The van der Waals surface area contributed by atoms with Gasteiger partial charge >= 0.3 is 6.61 Å². The molecule has 0 aliphatic heterocycles. The van der Waals surface area contributed by atoms with E-state index in [1.807, 2.05) is 41.2 Å². The van der Waals surface area contributed by atoms with Crippen LogP contribution in [0.5, 0.6) is 5.88 Å². The minimum Gasteiger partial charge on any atom is -0.479 e. The molecule has 0 spiro atoms. The summed E-state index contributed by atoms with van der Waals surface area (Å²) < 4.78 is 38.7. The zero-order valence-electron chi connectivity index (χ0n) is 16.9. The number of nitrogens with zero attached hydrogens (tertiary/aromatic N) is 5. The molecule has 1 N–H and O–H groups in total. The number of imidazole rings is 1. The van der Waals surface area contributed by atoms with Gasteiger partial charge in [0.25, 0.3) is 0 Å². The van der Waals surface area contributed by atoms with Crippen LogP contribution in [-0.4, -0.2) is 49.8 Å². The maximum Gasteiger partial charge on any atom is 0.345 e. The second kappa shape index (κ2) is 8.10. The Labute approximate surface area is 176 Å². The lowest BCUT2D eigenvalue weighted by atomic mass is 9.93. The van der Waals surface area contributed by atoms with E-state index in [9.17, 15) is 8.78 Å². The van der Waals surface area contributed by atoms with E-state index in [0.29, 0.717) is 37.5 Å². The molecule has 31 heavy (non-hydrogen) atoms. The van der Waals surface area contributed by atoms with Crippen molar-refractivity contribution < 1.29 is 18.3 Å². The number of ether oxygens (including phenoxy) is 2. The van der Waals surface area contributed by atoms with Crippen LogP contribution in [0, 0.1) is 0 Å². The number of hydrogen-bond acceptors (Lipinski definition) is 6. The number of pyridine rings is 1. The minimum atomic E-state index is -2.72. The zero-order chi connectivity index (χ0) is 21.4. The lowest BCUT2D eigenvalue weighted by molar-refractivity contribution is -0.169. The monoisotopic (exact) mass is 428 g/mol. The molecule has 0 amide bonds. The summed E-state index contributed by atoms with van der Waals surface area (Å²) in [4.78, 5) is 8.83. The van der Waals surface area contributed by atoms with Crippen LogP contribution < -0.4 is 10.1 Å². The van der Waals surface area contributed by atoms with Crippen molar-refractivity contribution in [2.45, 2.75) is 44.4 Å². The number of nitrogens with one attached hydrogen (secondary N) is 1. The molecule has 1 saturated carbocycles. The Hall–Kier alpha value is -3.27. The predicted molar refractivity (Wildman–Crippen MR) is 110 cm³/mol. The van der Waals surface area contributed by atoms with E-state index in [2.05, 4.69) is 25.1 Å². The highest BCUT2D eigenvalue weighted by molar-refractivity contribution is 5.84. The third-order valence-corrected chi connectivity index (χ3v) is 5.67. The van der Waals surface area contributed by atoms with Crippen LogP contribution in [0.1, 0.15) is 25.7 Å². The fourth-order valence-corrected chi connectivity index (χ4v) is 4.18. The van der Waals surface area contributed by atoms with Gasteiger partial charge in [-0.05, 0) is 43.9 Å². The summed E-state index contributed by atoms with van der Waals surface area (Å²) in [6, 6.07) is 6.03. The molecule has 4 aromatic rings. The normalized spacial score (nSPS) is 19.4. The molecule has 4 heterocycles. The molecule has 0 radical (unpaired) electrons. The molecule has 0 atom stereocenters. The maximum absolute atomic E-state index is 12.4. The lowest BCUT2D eigenvalue weighted by Crippen LogP contribution is -2.31. The Morgan fingerprint density at radius 1 is 1.13 bits per heavy atom. The Morgan fingerprint density at radius 3 is 2.74 bits per heavy atom. The van der Waals surface area contributed by atoms with Gasteiger partial charge in [-0.15, -0.1) is 5.10 Å². The number of hydrogen-bond donors (Lipinski definition) is 1. The lowest BCUT2D eigenvalue weighted by Gasteiger charge is -2.28. The van der Waals surface area contributed by atoms with Crippen molar-refractivity contribution in [2.24, 2.45) is 0 Å². The largest absolute Gasteiger partial charge is 0.479 e. The van der Waals surface area contributed by atoms with Crippen molar-refractivity contribution >= 4 is 17.1 Å². The third-order valence-electron chi connectivity index (χ3n) is 5.67. The van der Waals surface area contributed by atoms with Crippen LogP contribution >= 0.6 is 0 Å². The predicted octanol–water partition coefficient (Wildman–Crippen LogP) is 4.01. The molecule has 0 bridgehead atoms. The SMILES string of the molecule is COc1nc(NC2CCC(OC(F)F)CC2)nn2ccc(-c3ccc4nccn4c3)c12. The quantitative estimate of drug-likeness (QED) is 0.500. The first-order valence-corrected chi connectivity index (χ1v) is 10.2. The van der Waals surface area contributed by atoms with Crippen molar-refractivity contribution in [1.82, 2.24) is 24.0 Å². The van der Waals surface area contributed by atoms with Gasteiger partial charge in [-0.1, -0.05) is 0 Å². The summed E-state index contributed by atoms with van der Waals surface area (Å²) in [6.45, 7) is -2.72. The van der Waals surface area contributed by atoms with Gasteiger partial charge in [0.1, 0.15) is 11.2 Å². The highest BCUT2D eigenvalue weighted by atomic mass is 19.3. The van der Waals surface area contributed by atoms with Gasteiger partial charge in [0.05, 0.1) is 13.2 Å². The maximum atomic E-state index is 12.4. The first-order chi connectivity index (χ1) is 15.1. The molecule has 1 aliphatic rings. The van der Waals surface area contributed by atoms with Crippen molar-refractivity contribution in [1.29, 1.82) is 0 Å². The van der Waals surface area contributed by atoms with Gasteiger partial charge in [0.15, 0.2) is 0 Å². The van der Waals surface area contributed by atoms with E-state index in [1.54, 1.807) is 17.8 Å².